The second kappa shape index (κ2) is 8.00. The molecule has 1 atom stereocenters. The minimum atomic E-state index is -0.620. The van der Waals surface area contributed by atoms with E-state index in [9.17, 15) is 14.0 Å². The second-order valence-electron chi connectivity index (χ2n) is 7.88. The molecule has 5 nitrogen and oxygen atoms in total. The molecule has 1 heterocycles. The van der Waals surface area contributed by atoms with Crippen LogP contribution in [0.1, 0.15) is 33.6 Å². The van der Waals surface area contributed by atoms with Crippen LogP contribution in [0.5, 0.6) is 0 Å². The van der Waals surface area contributed by atoms with Gasteiger partial charge in [0.2, 0.25) is 5.91 Å². The van der Waals surface area contributed by atoms with E-state index in [2.05, 4.69) is 5.32 Å². The van der Waals surface area contributed by atoms with Gasteiger partial charge in [0.15, 0.2) is 0 Å². The number of nitrogens with zero attached hydrogens (tertiary/aromatic N) is 1. The summed E-state index contributed by atoms with van der Waals surface area (Å²) in [5, 5.41) is 2.91. The van der Waals surface area contributed by atoms with Gasteiger partial charge in [0.05, 0.1) is 0 Å². The Kier molecular flexibility index (Phi) is 5.68. The second-order valence-corrected chi connectivity index (χ2v) is 7.88. The Bertz CT molecular complexity index is 876. The molecule has 6 heteroatoms. The number of benzene rings is 2. The van der Waals surface area contributed by atoms with Crippen LogP contribution in [0.15, 0.2) is 48.5 Å². The number of halogens is 1. The lowest BCUT2D eigenvalue weighted by atomic mass is 10.0. The molecule has 1 saturated heterocycles. The monoisotopic (exact) mass is 384 g/mol. The summed E-state index contributed by atoms with van der Waals surface area (Å²) in [4.78, 5) is 26.8. The van der Waals surface area contributed by atoms with E-state index >= 15 is 0 Å². The summed E-state index contributed by atoms with van der Waals surface area (Å²) in [5.41, 5.74) is 1.35. The lowest BCUT2D eigenvalue weighted by Gasteiger charge is -2.28. The zero-order chi connectivity index (χ0) is 20.3. The van der Waals surface area contributed by atoms with Crippen molar-refractivity contribution in [3.8, 4) is 11.1 Å². The molecule has 0 unspecified atom stereocenters. The molecule has 0 aliphatic carbocycles. The Morgan fingerprint density at radius 1 is 1.14 bits per heavy atom. The summed E-state index contributed by atoms with van der Waals surface area (Å²) in [5.74, 6) is -0.613. The summed E-state index contributed by atoms with van der Waals surface area (Å²) in [6, 6.07) is 12.9. The van der Waals surface area contributed by atoms with Crippen LogP contribution >= 0.6 is 0 Å². The summed E-state index contributed by atoms with van der Waals surface area (Å²) in [6.45, 7) is 5.88. The summed E-state index contributed by atoms with van der Waals surface area (Å²) in [7, 11) is 0. The fourth-order valence-corrected chi connectivity index (χ4v) is 3.29. The van der Waals surface area contributed by atoms with Gasteiger partial charge in [-0.1, -0.05) is 30.3 Å². The number of amides is 2. The maximum atomic E-state index is 13.6. The van der Waals surface area contributed by atoms with Crippen molar-refractivity contribution >= 4 is 17.7 Å². The van der Waals surface area contributed by atoms with Gasteiger partial charge in [-0.25, -0.2) is 9.18 Å². The predicted octanol–water partition coefficient (Wildman–Crippen LogP) is 4.83. The van der Waals surface area contributed by atoms with Gasteiger partial charge in [0, 0.05) is 17.8 Å². The van der Waals surface area contributed by atoms with Gasteiger partial charge in [-0.3, -0.25) is 9.69 Å². The SMILES string of the molecule is CC(C)(C)OC(=O)N1CCC[C@H]1C(=O)Nc1ccccc1-c1cccc(F)c1. The fraction of sp³-hybridized carbons (Fsp3) is 0.364. The van der Waals surface area contributed by atoms with Crippen molar-refractivity contribution in [3.63, 3.8) is 0 Å². The van der Waals surface area contributed by atoms with Gasteiger partial charge in [0.25, 0.3) is 0 Å². The zero-order valence-corrected chi connectivity index (χ0v) is 16.4. The van der Waals surface area contributed by atoms with Crippen molar-refractivity contribution in [1.82, 2.24) is 4.90 Å². The van der Waals surface area contributed by atoms with Crippen molar-refractivity contribution in [2.24, 2.45) is 0 Å². The third kappa shape index (κ3) is 4.68. The number of hydrogen-bond acceptors (Lipinski definition) is 3. The molecule has 2 aromatic rings. The molecule has 148 valence electrons. The van der Waals surface area contributed by atoms with Crippen LogP contribution in [0.3, 0.4) is 0 Å². The minimum Gasteiger partial charge on any atom is -0.444 e. The van der Waals surface area contributed by atoms with Gasteiger partial charge in [-0.15, -0.1) is 0 Å². The van der Waals surface area contributed by atoms with Crippen LogP contribution < -0.4 is 5.32 Å². The minimum absolute atomic E-state index is 0.271. The van der Waals surface area contributed by atoms with Crippen molar-refractivity contribution < 1.29 is 18.7 Å². The van der Waals surface area contributed by atoms with Crippen molar-refractivity contribution in [3.05, 3.63) is 54.3 Å². The molecule has 0 saturated carbocycles. The van der Waals surface area contributed by atoms with E-state index in [0.29, 0.717) is 24.2 Å². The molecule has 2 amide bonds. The third-order valence-corrected chi connectivity index (χ3v) is 4.50. The number of para-hydroxylation sites is 1. The van der Waals surface area contributed by atoms with E-state index in [1.807, 2.05) is 12.1 Å². The van der Waals surface area contributed by atoms with Crippen LogP contribution in [0, 0.1) is 5.82 Å². The quantitative estimate of drug-likeness (QED) is 0.824. The molecule has 0 spiro atoms. The van der Waals surface area contributed by atoms with Gasteiger partial charge in [-0.2, -0.15) is 0 Å². The zero-order valence-electron chi connectivity index (χ0n) is 16.4. The van der Waals surface area contributed by atoms with Gasteiger partial charge in [-0.05, 0) is 57.4 Å². The maximum Gasteiger partial charge on any atom is 0.410 e. The molecule has 1 aliphatic heterocycles. The molecule has 1 N–H and O–H groups in total. The Morgan fingerprint density at radius 3 is 2.61 bits per heavy atom. The fourth-order valence-electron chi connectivity index (χ4n) is 3.29. The highest BCUT2D eigenvalue weighted by Gasteiger charge is 2.36. The molecule has 0 bridgehead atoms. The highest BCUT2D eigenvalue weighted by Crippen LogP contribution is 2.29. The summed E-state index contributed by atoms with van der Waals surface area (Å²) < 4.78 is 19.0. The molecular formula is C22H25FN2O3. The number of hydrogen-bond donors (Lipinski definition) is 1. The molecule has 28 heavy (non-hydrogen) atoms. The van der Waals surface area contributed by atoms with E-state index in [4.69, 9.17) is 4.74 Å². The first-order valence-corrected chi connectivity index (χ1v) is 9.40. The van der Waals surface area contributed by atoms with E-state index in [-0.39, 0.29) is 11.7 Å². The maximum absolute atomic E-state index is 13.6. The number of carbonyl (C=O) groups is 2. The largest absolute Gasteiger partial charge is 0.444 e. The first kappa shape index (κ1) is 19.9. The standard InChI is InChI=1S/C22H25FN2O3/c1-22(2,3)28-21(27)25-13-7-12-19(25)20(26)24-18-11-5-4-10-17(18)15-8-6-9-16(23)14-15/h4-6,8-11,14,19H,7,12-13H2,1-3H3,(H,24,26)/t19-/m0/s1. The Balaban J connectivity index is 1.79. The molecule has 0 aromatic heterocycles. The number of nitrogens with one attached hydrogen (secondary N) is 1. The number of carbonyl (C=O) groups excluding carboxylic acids is 2. The average Bonchev–Trinajstić information content (AvgIpc) is 3.11. The third-order valence-electron chi connectivity index (χ3n) is 4.50. The smallest absolute Gasteiger partial charge is 0.410 e. The highest BCUT2D eigenvalue weighted by molar-refractivity contribution is 6.00. The van der Waals surface area contributed by atoms with Gasteiger partial charge < -0.3 is 10.1 Å². The molecule has 3 rings (SSSR count). The topological polar surface area (TPSA) is 58.6 Å². The van der Waals surface area contributed by atoms with Crippen molar-refractivity contribution in [2.45, 2.75) is 45.3 Å². The highest BCUT2D eigenvalue weighted by atomic mass is 19.1. The van der Waals surface area contributed by atoms with E-state index in [0.717, 1.165) is 12.0 Å². The Hall–Kier alpha value is -2.89. The number of rotatable bonds is 3. The van der Waals surface area contributed by atoms with Crippen molar-refractivity contribution in [2.75, 3.05) is 11.9 Å². The number of likely N-dealkylation sites (tertiary alicyclic amines) is 1. The Morgan fingerprint density at radius 2 is 1.89 bits per heavy atom. The lowest BCUT2D eigenvalue weighted by molar-refractivity contribution is -0.120. The molecule has 1 fully saturated rings. The number of ether oxygens (including phenoxy) is 1. The predicted molar refractivity (Wildman–Crippen MR) is 106 cm³/mol. The van der Waals surface area contributed by atoms with Crippen LogP contribution in [0.25, 0.3) is 11.1 Å². The summed E-state index contributed by atoms with van der Waals surface area (Å²) >= 11 is 0. The van der Waals surface area contributed by atoms with Gasteiger partial charge >= 0.3 is 6.09 Å². The van der Waals surface area contributed by atoms with E-state index in [1.54, 1.807) is 45.0 Å². The van der Waals surface area contributed by atoms with Crippen LogP contribution in [-0.4, -0.2) is 35.1 Å². The lowest BCUT2D eigenvalue weighted by Crippen LogP contribution is -2.45. The van der Waals surface area contributed by atoms with Crippen LogP contribution in [-0.2, 0) is 9.53 Å². The molecule has 1 aliphatic rings. The molecular weight excluding hydrogens is 359 g/mol. The first-order valence-electron chi connectivity index (χ1n) is 9.40. The van der Waals surface area contributed by atoms with Crippen LogP contribution in [0.4, 0.5) is 14.9 Å². The molecule has 0 radical (unpaired) electrons. The van der Waals surface area contributed by atoms with Gasteiger partial charge in [0.1, 0.15) is 17.5 Å². The Labute approximate surface area is 164 Å². The number of anilines is 1. The van der Waals surface area contributed by atoms with E-state index < -0.39 is 17.7 Å². The normalized spacial score (nSPS) is 16.7. The first-order chi connectivity index (χ1) is 13.2. The molecule has 2 aromatic carbocycles. The van der Waals surface area contributed by atoms with E-state index in [1.165, 1.54) is 17.0 Å². The van der Waals surface area contributed by atoms with Crippen LogP contribution in [0.2, 0.25) is 0 Å². The summed E-state index contributed by atoms with van der Waals surface area (Å²) in [6.07, 6.45) is 0.833. The average molecular weight is 384 g/mol. The van der Waals surface area contributed by atoms with Crippen molar-refractivity contribution in [1.29, 1.82) is 0 Å².